The lowest BCUT2D eigenvalue weighted by Crippen LogP contribution is -2.01. The average Bonchev–Trinajstić information content (AvgIpc) is 2.45. The molecule has 0 aliphatic rings. The lowest BCUT2D eigenvalue weighted by atomic mass is 10.1. The number of ether oxygens (including phenoxy) is 1. The summed E-state index contributed by atoms with van der Waals surface area (Å²) in [6.45, 7) is 2.25. The fourth-order valence-electron chi connectivity index (χ4n) is 2.36. The van der Waals surface area contributed by atoms with Gasteiger partial charge in [-0.2, -0.15) is 0 Å². The van der Waals surface area contributed by atoms with Gasteiger partial charge in [0.1, 0.15) is 11.5 Å². The van der Waals surface area contributed by atoms with E-state index in [-0.39, 0.29) is 5.63 Å². The van der Waals surface area contributed by atoms with Crippen LogP contribution in [0.2, 0.25) is 0 Å². The van der Waals surface area contributed by atoms with E-state index in [0.29, 0.717) is 5.75 Å². The summed E-state index contributed by atoms with van der Waals surface area (Å²) in [5, 5.41) is 0. The normalized spacial score (nSPS) is 10.7. The Hall–Kier alpha value is -1.25. The van der Waals surface area contributed by atoms with Gasteiger partial charge in [0.15, 0.2) is 0 Å². The average molecular weight is 280 g/mol. The van der Waals surface area contributed by atoms with Gasteiger partial charge in [0.2, 0.25) is 0 Å². The lowest BCUT2D eigenvalue weighted by molar-refractivity contribution is 0.390. The van der Waals surface area contributed by atoms with Crippen LogP contribution in [0.25, 0.3) is 0 Å². The maximum Gasteiger partial charge on any atom is 0.339 e. The molecule has 1 aromatic rings. The summed E-state index contributed by atoms with van der Waals surface area (Å²) in [6, 6.07) is 3.19. The van der Waals surface area contributed by atoms with Gasteiger partial charge in [0.25, 0.3) is 0 Å². The van der Waals surface area contributed by atoms with Crippen molar-refractivity contribution in [2.75, 3.05) is 7.11 Å². The minimum atomic E-state index is -0.324. The van der Waals surface area contributed by atoms with Gasteiger partial charge in [-0.3, -0.25) is 0 Å². The fourth-order valence-corrected chi connectivity index (χ4v) is 2.36. The van der Waals surface area contributed by atoms with Crippen molar-refractivity contribution in [3.63, 3.8) is 0 Å². The van der Waals surface area contributed by atoms with Gasteiger partial charge < -0.3 is 9.15 Å². The third-order valence-electron chi connectivity index (χ3n) is 3.56. The highest BCUT2D eigenvalue weighted by molar-refractivity contribution is 5.20. The molecule has 1 rings (SSSR count). The lowest BCUT2D eigenvalue weighted by Gasteiger charge is -2.03. The second-order valence-corrected chi connectivity index (χ2v) is 5.36. The molecule has 1 aromatic heterocycles. The van der Waals surface area contributed by atoms with Gasteiger partial charge in [-0.25, -0.2) is 4.79 Å². The molecule has 0 bridgehead atoms. The van der Waals surface area contributed by atoms with Crippen LogP contribution >= 0.6 is 0 Å². The first-order valence-corrected chi connectivity index (χ1v) is 7.94. The summed E-state index contributed by atoms with van der Waals surface area (Å²) < 4.78 is 10.2. The number of unbranched alkanes of at least 4 members (excludes halogenated alkanes) is 8. The number of hydrogen-bond donors (Lipinski definition) is 0. The van der Waals surface area contributed by atoms with Gasteiger partial charge in [0, 0.05) is 12.5 Å². The van der Waals surface area contributed by atoms with Crippen molar-refractivity contribution in [2.24, 2.45) is 0 Å². The summed E-state index contributed by atoms with van der Waals surface area (Å²) in [5.41, 5.74) is -0.324. The van der Waals surface area contributed by atoms with E-state index in [2.05, 4.69) is 6.92 Å². The molecule has 0 amide bonds. The summed E-state index contributed by atoms with van der Waals surface area (Å²) in [4.78, 5) is 11.3. The molecule has 0 atom stereocenters. The molecule has 20 heavy (non-hydrogen) atoms. The van der Waals surface area contributed by atoms with E-state index in [0.717, 1.165) is 18.6 Å². The van der Waals surface area contributed by atoms with E-state index in [1.807, 2.05) is 6.07 Å². The number of aryl methyl sites for hydroxylation is 1. The minimum Gasteiger partial charge on any atom is -0.496 e. The number of rotatable bonds is 11. The Labute approximate surface area is 122 Å². The molecule has 0 N–H and O–H groups in total. The topological polar surface area (TPSA) is 39.4 Å². The van der Waals surface area contributed by atoms with Crippen molar-refractivity contribution >= 4 is 0 Å². The predicted octanol–water partition coefficient (Wildman–Crippen LogP) is 4.72. The predicted molar refractivity (Wildman–Crippen MR) is 82.5 cm³/mol. The van der Waals surface area contributed by atoms with Crippen LogP contribution in [0.3, 0.4) is 0 Å². The molecule has 3 heteroatoms. The van der Waals surface area contributed by atoms with Gasteiger partial charge in [-0.05, 0) is 6.42 Å². The quantitative estimate of drug-likeness (QED) is 0.550. The maximum atomic E-state index is 11.3. The Balaban J connectivity index is 2.09. The standard InChI is InChI=1S/C17H28O3/c1-3-4-5-6-7-8-9-10-11-12-15-13-16(19-2)14-17(18)20-15/h13-14H,3-12H2,1-2H3. The highest BCUT2D eigenvalue weighted by Crippen LogP contribution is 2.14. The molecule has 0 aliphatic heterocycles. The summed E-state index contributed by atoms with van der Waals surface area (Å²) >= 11 is 0. The molecular weight excluding hydrogens is 252 g/mol. The zero-order valence-corrected chi connectivity index (χ0v) is 13.0. The highest BCUT2D eigenvalue weighted by atomic mass is 16.5. The van der Waals surface area contributed by atoms with E-state index in [1.165, 1.54) is 57.4 Å². The summed E-state index contributed by atoms with van der Waals surface area (Å²) in [6.07, 6.45) is 12.5. The largest absolute Gasteiger partial charge is 0.496 e. The van der Waals surface area contributed by atoms with Crippen LogP contribution in [0.4, 0.5) is 0 Å². The van der Waals surface area contributed by atoms with E-state index in [4.69, 9.17) is 9.15 Å². The smallest absolute Gasteiger partial charge is 0.339 e. The molecule has 3 nitrogen and oxygen atoms in total. The second-order valence-electron chi connectivity index (χ2n) is 5.36. The van der Waals surface area contributed by atoms with Crippen molar-refractivity contribution < 1.29 is 9.15 Å². The summed E-state index contributed by atoms with van der Waals surface area (Å²) in [7, 11) is 1.57. The van der Waals surface area contributed by atoms with E-state index >= 15 is 0 Å². The first-order chi connectivity index (χ1) is 9.76. The van der Waals surface area contributed by atoms with Crippen LogP contribution in [-0.4, -0.2) is 7.11 Å². The zero-order valence-electron chi connectivity index (χ0n) is 13.0. The maximum absolute atomic E-state index is 11.3. The Bertz CT molecular complexity index is 409. The highest BCUT2D eigenvalue weighted by Gasteiger charge is 2.02. The second kappa shape index (κ2) is 10.5. The minimum absolute atomic E-state index is 0.324. The SMILES string of the molecule is CCCCCCCCCCCc1cc(OC)cc(=O)o1. The van der Waals surface area contributed by atoms with Crippen LogP contribution < -0.4 is 10.4 Å². The molecule has 0 saturated heterocycles. The van der Waals surface area contributed by atoms with E-state index < -0.39 is 0 Å². The molecule has 0 aliphatic carbocycles. The molecule has 0 unspecified atom stereocenters. The number of hydrogen-bond acceptors (Lipinski definition) is 3. The Kier molecular flexibility index (Phi) is 8.84. The Morgan fingerprint density at radius 1 is 0.950 bits per heavy atom. The molecule has 0 saturated carbocycles. The molecule has 0 spiro atoms. The molecule has 114 valence electrons. The molecule has 0 radical (unpaired) electrons. The Morgan fingerprint density at radius 2 is 1.55 bits per heavy atom. The first kappa shape index (κ1) is 16.8. The Morgan fingerprint density at radius 3 is 2.15 bits per heavy atom. The third kappa shape index (κ3) is 7.37. The molecular formula is C17H28O3. The molecule has 0 aromatic carbocycles. The van der Waals surface area contributed by atoms with Crippen LogP contribution in [0, 0.1) is 0 Å². The molecule has 1 heterocycles. The van der Waals surface area contributed by atoms with Crippen LogP contribution in [-0.2, 0) is 6.42 Å². The van der Waals surface area contributed by atoms with Crippen molar-refractivity contribution in [1.29, 1.82) is 0 Å². The van der Waals surface area contributed by atoms with E-state index in [1.54, 1.807) is 7.11 Å². The zero-order chi connectivity index (χ0) is 14.6. The first-order valence-electron chi connectivity index (χ1n) is 7.94. The summed E-state index contributed by atoms with van der Waals surface area (Å²) in [5.74, 6) is 1.32. The fraction of sp³-hybridized carbons (Fsp3) is 0.706. The van der Waals surface area contributed by atoms with Crippen LogP contribution in [0.5, 0.6) is 5.75 Å². The van der Waals surface area contributed by atoms with Crippen molar-refractivity contribution in [2.45, 2.75) is 71.1 Å². The van der Waals surface area contributed by atoms with Gasteiger partial charge in [-0.15, -0.1) is 0 Å². The van der Waals surface area contributed by atoms with Crippen molar-refractivity contribution in [3.05, 3.63) is 28.3 Å². The number of methoxy groups -OCH3 is 1. The van der Waals surface area contributed by atoms with Crippen molar-refractivity contribution in [3.8, 4) is 5.75 Å². The van der Waals surface area contributed by atoms with Crippen LogP contribution in [0.1, 0.15) is 70.5 Å². The van der Waals surface area contributed by atoms with Gasteiger partial charge in [-0.1, -0.05) is 58.3 Å². The van der Waals surface area contributed by atoms with Gasteiger partial charge in [0.05, 0.1) is 13.2 Å². The van der Waals surface area contributed by atoms with Crippen LogP contribution in [0.15, 0.2) is 21.3 Å². The molecule has 0 fully saturated rings. The van der Waals surface area contributed by atoms with Crippen molar-refractivity contribution in [1.82, 2.24) is 0 Å². The van der Waals surface area contributed by atoms with E-state index in [9.17, 15) is 4.79 Å². The third-order valence-corrected chi connectivity index (χ3v) is 3.56. The monoisotopic (exact) mass is 280 g/mol. The van der Waals surface area contributed by atoms with Gasteiger partial charge >= 0.3 is 5.63 Å².